The van der Waals surface area contributed by atoms with Crippen LogP contribution in [0.5, 0.6) is 0 Å². The predicted molar refractivity (Wildman–Crippen MR) is 54.5 cm³/mol. The number of carbonyl (C=O) groups is 2. The molecule has 80 valence electrons. The number of imide groups is 1. The normalized spacial score (nSPS) is 27.3. The van der Waals surface area contributed by atoms with Gasteiger partial charge in [0.2, 0.25) is 11.8 Å². The van der Waals surface area contributed by atoms with E-state index in [2.05, 4.69) is 13.8 Å². The van der Waals surface area contributed by atoms with Crippen molar-refractivity contribution in [2.75, 3.05) is 7.05 Å². The maximum Gasteiger partial charge on any atom is 0.234 e. The molecule has 0 aromatic carbocycles. The minimum atomic E-state index is -0.406. The van der Waals surface area contributed by atoms with Gasteiger partial charge in [0.1, 0.15) is 0 Å². The average Bonchev–Trinajstić information content (AvgIpc) is 2.08. The van der Waals surface area contributed by atoms with Crippen molar-refractivity contribution in [3.63, 3.8) is 0 Å². The van der Waals surface area contributed by atoms with Gasteiger partial charge in [0.15, 0.2) is 0 Å². The molecule has 0 radical (unpaired) electrons. The van der Waals surface area contributed by atoms with Gasteiger partial charge in [-0.15, -0.1) is 0 Å². The summed E-state index contributed by atoms with van der Waals surface area (Å²) in [5.74, 6) is 0.436. The molecule has 1 atom stereocenters. The molecule has 2 amide bonds. The Morgan fingerprint density at radius 1 is 1.36 bits per heavy atom. The maximum absolute atomic E-state index is 11.9. The standard InChI is InChI=1S/C11H19NO2/c1-7(2)8-6-9(13)12(5)10(14)11(8,3)4/h7-8H,6H2,1-5H3. The Hall–Kier alpha value is -0.860. The third kappa shape index (κ3) is 1.56. The van der Waals surface area contributed by atoms with Crippen molar-refractivity contribution in [2.45, 2.75) is 34.1 Å². The summed E-state index contributed by atoms with van der Waals surface area (Å²) in [6.07, 6.45) is 0.493. The molecular formula is C11H19NO2. The highest BCUT2D eigenvalue weighted by Crippen LogP contribution is 2.40. The van der Waals surface area contributed by atoms with Gasteiger partial charge in [-0.3, -0.25) is 14.5 Å². The lowest BCUT2D eigenvalue weighted by Gasteiger charge is -2.42. The molecule has 14 heavy (non-hydrogen) atoms. The molecule has 1 aliphatic rings. The first-order chi connectivity index (χ1) is 6.28. The molecule has 1 rings (SSSR count). The van der Waals surface area contributed by atoms with Crippen LogP contribution < -0.4 is 0 Å². The molecule has 1 fully saturated rings. The van der Waals surface area contributed by atoms with Crippen LogP contribution in [-0.2, 0) is 9.59 Å². The molecule has 0 saturated carbocycles. The first-order valence-electron chi connectivity index (χ1n) is 5.09. The van der Waals surface area contributed by atoms with Gasteiger partial charge >= 0.3 is 0 Å². The number of nitrogens with zero attached hydrogens (tertiary/aromatic N) is 1. The minimum absolute atomic E-state index is 0.0481. The zero-order chi connectivity index (χ0) is 11.1. The number of carbonyl (C=O) groups excluding carboxylic acids is 2. The molecule has 0 aliphatic carbocycles. The zero-order valence-electron chi connectivity index (χ0n) is 9.63. The van der Waals surface area contributed by atoms with Gasteiger partial charge in [0.05, 0.1) is 0 Å². The van der Waals surface area contributed by atoms with E-state index < -0.39 is 5.41 Å². The molecule has 0 spiro atoms. The van der Waals surface area contributed by atoms with Crippen molar-refractivity contribution in [2.24, 2.45) is 17.3 Å². The van der Waals surface area contributed by atoms with Gasteiger partial charge in [-0.1, -0.05) is 27.7 Å². The topological polar surface area (TPSA) is 37.4 Å². The second kappa shape index (κ2) is 3.37. The fraction of sp³-hybridized carbons (Fsp3) is 0.818. The van der Waals surface area contributed by atoms with E-state index in [1.165, 1.54) is 4.90 Å². The minimum Gasteiger partial charge on any atom is -0.285 e. The molecule has 1 unspecified atom stereocenters. The quantitative estimate of drug-likeness (QED) is 0.600. The van der Waals surface area contributed by atoms with Crippen molar-refractivity contribution in [1.82, 2.24) is 4.90 Å². The van der Waals surface area contributed by atoms with E-state index in [-0.39, 0.29) is 17.7 Å². The van der Waals surface area contributed by atoms with Gasteiger partial charge in [0.25, 0.3) is 0 Å². The Bertz CT molecular complexity index is 268. The third-order valence-electron chi connectivity index (χ3n) is 3.36. The molecule has 0 aromatic rings. The molecular weight excluding hydrogens is 178 g/mol. The van der Waals surface area contributed by atoms with Crippen molar-refractivity contribution in [3.05, 3.63) is 0 Å². The summed E-state index contributed by atoms with van der Waals surface area (Å²) in [6.45, 7) is 8.00. The third-order valence-corrected chi connectivity index (χ3v) is 3.36. The Labute approximate surface area is 85.5 Å². The summed E-state index contributed by atoms with van der Waals surface area (Å²) in [4.78, 5) is 24.7. The van der Waals surface area contributed by atoms with Crippen molar-refractivity contribution < 1.29 is 9.59 Å². The van der Waals surface area contributed by atoms with Gasteiger partial charge < -0.3 is 0 Å². The summed E-state index contributed by atoms with van der Waals surface area (Å²) >= 11 is 0. The number of amides is 2. The number of hydrogen-bond acceptors (Lipinski definition) is 2. The van der Waals surface area contributed by atoms with Crippen LogP contribution in [0.1, 0.15) is 34.1 Å². The smallest absolute Gasteiger partial charge is 0.234 e. The SMILES string of the molecule is CC(C)C1CC(=O)N(C)C(=O)C1(C)C. The maximum atomic E-state index is 11.9. The summed E-state index contributed by atoms with van der Waals surface area (Å²) in [5, 5.41) is 0. The first-order valence-corrected chi connectivity index (χ1v) is 5.09. The average molecular weight is 197 g/mol. The van der Waals surface area contributed by atoms with Gasteiger partial charge in [-0.2, -0.15) is 0 Å². The molecule has 0 N–H and O–H groups in total. The Balaban J connectivity index is 3.01. The van der Waals surface area contributed by atoms with Crippen LogP contribution in [0.2, 0.25) is 0 Å². The Kier molecular flexibility index (Phi) is 2.70. The van der Waals surface area contributed by atoms with Crippen LogP contribution in [0.3, 0.4) is 0 Å². The van der Waals surface area contributed by atoms with Crippen LogP contribution in [0.4, 0.5) is 0 Å². The van der Waals surface area contributed by atoms with E-state index in [0.717, 1.165) is 0 Å². The van der Waals surface area contributed by atoms with E-state index in [4.69, 9.17) is 0 Å². The highest BCUT2D eigenvalue weighted by Gasteiger charge is 2.46. The zero-order valence-corrected chi connectivity index (χ0v) is 9.63. The monoisotopic (exact) mass is 197 g/mol. The molecule has 0 bridgehead atoms. The van der Waals surface area contributed by atoms with Gasteiger partial charge in [-0.05, 0) is 11.8 Å². The largest absolute Gasteiger partial charge is 0.285 e. The summed E-state index contributed by atoms with van der Waals surface area (Å²) in [7, 11) is 1.57. The second-order valence-corrected chi connectivity index (χ2v) is 5.03. The number of hydrogen-bond donors (Lipinski definition) is 0. The molecule has 3 heteroatoms. The van der Waals surface area contributed by atoms with Gasteiger partial charge in [0, 0.05) is 18.9 Å². The Morgan fingerprint density at radius 2 is 1.86 bits per heavy atom. The highest BCUT2D eigenvalue weighted by atomic mass is 16.2. The number of rotatable bonds is 1. The van der Waals surface area contributed by atoms with Crippen LogP contribution >= 0.6 is 0 Å². The summed E-state index contributed by atoms with van der Waals surface area (Å²) in [6, 6.07) is 0. The van der Waals surface area contributed by atoms with Crippen molar-refractivity contribution in [3.8, 4) is 0 Å². The van der Waals surface area contributed by atoms with Gasteiger partial charge in [-0.25, -0.2) is 0 Å². The lowest BCUT2D eigenvalue weighted by atomic mass is 9.68. The fourth-order valence-corrected chi connectivity index (χ4v) is 2.35. The predicted octanol–water partition coefficient (Wildman–Crippen LogP) is 1.67. The number of likely N-dealkylation sites (tertiary alicyclic amines) is 1. The van der Waals surface area contributed by atoms with E-state index >= 15 is 0 Å². The first kappa shape index (κ1) is 11.2. The van der Waals surface area contributed by atoms with Crippen LogP contribution in [0, 0.1) is 17.3 Å². The lowest BCUT2D eigenvalue weighted by molar-refractivity contribution is -0.160. The molecule has 1 heterocycles. The summed E-state index contributed by atoms with van der Waals surface area (Å²) in [5.41, 5.74) is -0.406. The van der Waals surface area contributed by atoms with E-state index in [1.807, 2.05) is 13.8 Å². The van der Waals surface area contributed by atoms with E-state index in [0.29, 0.717) is 12.3 Å². The van der Waals surface area contributed by atoms with E-state index in [1.54, 1.807) is 7.05 Å². The van der Waals surface area contributed by atoms with Crippen LogP contribution in [0.25, 0.3) is 0 Å². The lowest BCUT2D eigenvalue weighted by Crippen LogP contribution is -2.53. The van der Waals surface area contributed by atoms with Crippen molar-refractivity contribution >= 4 is 11.8 Å². The summed E-state index contributed by atoms with van der Waals surface area (Å²) < 4.78 is 0. The van der Waals surface area contributed by atoms with Crippen LogP contribution in [0.15, 0.2) is 0 Å². The second-order valence-electron chi connectivity index (χ2n) is 5.03. The molecule has 3 nitrogen and oxygen atoms in total. The fourth-order valence-electron chi connectivity index (χ4n) is 2.35. The van der Waals surface area contributed by atoms with Crippen LogP contribution in [-0.4, -0.2) is 23.8 Å². The number of piperidine rings is 1. The molecule has 1 saturated heterocycles. The van der Waals surface area contributed by atoms with Crippen molar-refractivity contribution in [1.29, 1.82) is 0 Å². The molecule has 0 aromatic heterocycles. The van der Waals surface area contributed by atoms with E-state index in [9.17, 15) is 9.59 Å². The Morgan fingerprint density at radius 3 is 2.29 bits per heavy atom. The molecule has 1 aliphatic heterocycles. The highest BCUT2D eigenvalue weighted by molar-refractivity contribution is 6.00.